The Labute approximate surface area is 75.6 Å². The molecule has 2 heteroatoms. The smallest absolute Gasteiger partial charge is 0.0329 e. The zero-order chi connectivity index (χ0) is 9.78. The molecule has 0 heterocycles. The molecule has 0 amide bonds. The van der Waals surface area contributed by atoms with Gasteiger partial charge in [-0.3, -0.25) is 0 Å². The van der Waals surface area contributed by atoms with Gasteiger partial charge in [0.2, 0.25) is 0 Å². The molecule has 70 valence electrons. The molecule has 0 atom stereocenters. The Morgan fingerprint density at radius 1 is 1.42 bits per heavy atom. The number of hydrogen-bond acceptors (Lipinski definition) is 2. The van der Waals surface area contributed by atoms with Crippen molar-refractivity contribution in [3.8, 4) is 0 Å². The van der Waals surface area contributed by atoms with Gasteiger partial charge in [-0.2, -0.15) is 0 Å². The second-order valence-corrected chi connectivity index (χ2v) is 4.04. The lowest BCUT2D eigenvalue weighted by atomic mass is 10.1. The fourth-order valence-electron chi connectivity index (χ4n) is 0.779. The SMILES string of the molecule is CC/C(=C/NC(C)(C)C)C(C)=N. The molecule has 0 rings (SSSR count). The highest BCUT2D eigenvalue weighted by molar-refractivity contribution is 5.95. The fraction of sp³-hybridized carbons (Fsp3) is 0.700. The van der Waals surface area contributed by atoms with Crippen molar-refractivity contribution in [2.75, 3.05) is 0 Å². The van der Waals surface area contributed by atoms with Crippen LogP contribution in [-0.4, -0.2) is 11.3 Å². The third kappa shape index (κ3) is 4.94. The maximum Gasteiger partial charge on any atom is 0.0329 e. The van der Waals surface area contributed by atoms with Crippen LogP contribution in [0.15, 0.2) is 11.8 Å². The van der Waals surface area contributed by atoms with Crippen LogP contribution in [0.3, 0.4) is 0 Å². The Balaban J connectivity index is 4.23. The van der Waals surface area contributed by atoms with E-state index in [1.807, 2.05) is 13.1 Å². The highest BCUT2D eigenvalue weighted by atomic mass is 14.9. The summed E-state index contributed by atoms with van der Waals surface area (Å²) in [5.74, 6) is 0. The van der Waals surface area contributed by atoms with E-state index < -0.39 is 0 Å². The first kappa shape index (κ1) is 11.2. The van der Waals surface area contributed by atoms with Crippen molar-refractivity contribution < 1.29 is 0 Å². The monoisotopic (exact) mass is 168 g/mol. The van der Waals surface area contributed by atoms with E-state index in [1.165, 1.54) is 0 Å². The maximum absolute atomic E-state index is 7.45. The summed E-state index contributed by atoms with van der Waals surface area (Å²) in [7, 11) is 0. The van der Waals surface area contributed by atoms with Crippen LogP contribution < -0.4 is 5.32 Å². The highest BCUT2D eigenvalue weighted by Crippen LogP contribution is 2.04. The first-order valence-corrected chi connectivity index (χ1v) is 4.39. The van der Waals surface area contributed by atoms with E-state index in [9.17, 15) is 0 Å². The van der Waals surface area contributed by atoms with Crippen molar-refractivity contribution in [1.29, 1.82) is 5.41 Å². The lowest BCUT2D eigenvalue weighted by Gasteiger charge is -2.19. The molecule has 0 saturated heterocycles. The number of nitrogens with one attached hydrogen (secondary N) is 2. The van der Waals surface area contributed by atoms with Crippen LogP contribution in [0, 0.1) is 5.41 Å². The van der Waals surface area contributed by atoms with E-state index in [0.29, 0.717) is 5.71 Å². The van der Waals surface area contributed by atoms with E-state index >= 15 is 0 Å². The topological polar surface area (TPSA) is 35.9 Å². The van der Waals surface area contributed by atoms with Gasteiger partial charge in [-0.25, -0.2) is 0 Å². The summed E-state index contributed by atoms with van der Waals surface area (Å²) in [6.45, 7) is 10.2. The van der Waals surface area contributed by atoms with Crippen LogP contribution in [-0.2, 0) is 0 Å². The average molecular weight is 168 g/mol. The first-order valence-electron chi connectivity index (χ1n) is 4.39. The summed E-state index contributed by atoms with van der Waals surface area (Å²) >= 11 is 0. The molecule has 12 heavy (non-hydrogen) atoms. The molecular weight excluding hydrogens is 148 g/mol. The maximum atomic E-state index is 7.45. The molecule has 0 aromatic carbocycles. The summed E-state index contributed by atoms with van der Waals surface area (Å²) in [4.78, 5) is 0. The highest BCUT2D eigenvalue weighted by Gasteiger charge is 2.06. The summed E-state index contributed by atoms with van der Waals surface area (Å²) in [6.07, 6.45) is 2.86. The van der Waals surface area contributed by atoms with Gasteiger partial charge in [0, 0.05) is 17.5 Å². The first-order chi connectivity index (χ1) is 5.37. The van der Waals surface area contributed by atoms with Crippen LogP contribution in [0.5, 0.6) is 0 Å². The van der Waals surface area contributed by atoms with Crippen molar-refractivity contribution in [3.63, 3.8) is 0 Å². The van der Waals surface area contributed by atoms with Crippen LogP contribution >= 0.6 is 0 Å². The Morgan fingerprint density at radius 3 is 2.17 bits per heavy atom. The standard InChI is InChI=1S/C10H20N2/c1-6-9(8(2)11)7-12-10(3,4)5/h7,11-12H,6H2,1-5H3/b9-7-,11-8?. The predicted octanol–water partition coefficient (Wildman–Crippen LogP) is 2.71. The Morgan fingerprint density at radius 2 is 1.92 bits per heavy atom. The molecule has 0 aliphatic rings. The van der Waals surface area contributed by atoms with Gasteiger partial charge in [-0.05, 0) is 39.7 Å². The third-order valence-corrected chi connectivity index (χ3v) is 1.54. The molecule has 0 aliphatic carbocycles. The molecule has 0 fully saturated rings. The average Bonchev–Trinajstić information content (AvgIpc) is 1.85. The molecule has 0 radical (unpaired) electrons. The summed E-state index contributed by atoms with van der Waals surface area (Å²) in [5, 5.41) is 10.7. The Kier molecular flexibility index (Phi) is 4.01. The Hall–Kier alpha value is -0.790. The molecule has 0 unspecified atom stereocenters. The third-order valence-electron chi connectivity index (χ3n) is 1.54. The van der Waals surface area contributed by atoms with E-state index in [2.05, 4.69) is 33.0 Å². The van der Waals surface area contributed by atoms with Gasteiger partial charge < -0.3 is 10.7 Å². The minimum absolute atomic E-state index is 0.0931. The van der Waals surface area contributed by atoms with E-state index in [4.69, 9.17) is 5.41 Å². The van der Waals surface area contributed by atoms with Crippen molar-refractivity contribution in [3.05, 3.63) is 11.8 Å². The zero-order valence-corrected chi connectivity index (χ0v) is 8.78. The summed E-state index contributed by atoms with van der Waals surface area (Å²) < 4.78 is 0. The summed E-state index contributed by atoms with van der Waals surface area (Å²) in [6, 6.07) is 0. The van der Waals surface area contributed by atoms with Gasteiger partial charge in [0.25, 0.3) is 0 Å². The second kappa shape index (κ2) is 4.29. The second-order valence-electron chi connectivity index (χ2n) is 4.04. The lowest BCUT2D eigenvalue weighted by molar-refractivity contribution is 0.490. The number of rotatable bonds is 3. The zero-order valence-electron chi connectivity index (χ0n) is 8.78. The van der Waals surface area contributed by atoms with Crippen LogP contribution in [0.1, 0.15) is 41.0 Å². The molecule has 0 aromatic rings. The van der Waals surface area contributed by atoms with Gasteiger partial charge in [0.1, 0.15) is 0 Å². The molecule has 0 bridgehead atoms. The van der Waals surface area contributed by atoms with Crippen molar-refractivity contribution in [2.45, 2.75) is 46.6 Å². The normalized spacial score (nSPS) is 12.9. The molecule has 0 aromatic heterocycles. The van der Waals surface area contributed by atoms with Gasteiger partial charge in [0.15, 0.2) is 0 Å². The van der Waals surface area contributed by atoms with E-state index in [0.717, 1.165) is 12.0 Å². The van der Waals surface area contributed by atoms with Gasteiger partial charge >= 0.3 is 0 Å². The van der Waals surface area contributed by atoms with Crippen LogP contribution in [0.25, 0.3) is 0 Å². The largest absolute Gasteiger partial charge is 0.386 e. The molecule has 2 N–H and O–H groups in total. The van der Waals surface area contributed by atoms with Gasteiger partial charge in [0.05, 0.1) is 0 Å². The fourth-order valence-corrected chi connectivity index (χ4v) is 0.779. The summed E-state index contributed by atoms with van der Waals surface area (Å²) in [5.41, 5.74) is 1.81. The quantitative estimate of drug-likeness (QED) is 0.624. The minimum Gasteiger partial charge on any atom is -0.386 e. The molecule has 2 nitrogen and oxygen atoms in total. The minimum atomic E-state index is 0.0931. The van der Waals surface area contributed by atoms with Gasteiger partial charge in [-0.15, -0.1) is 0 Å². The lowest BCUT2D eigenvalue weighted by Crippen LogP contribution is -2.31. The van der Waals surface area contributed by atoms with Crippen LogP contribution in [0.4, 0.5) is 0 Å². The Bertz CT molecular complexity index is 185. The molecule has 0 aliphatic heterocycles. The van der Waals surface area contributed by atoms with Crippen molar-refractivity contribution in [1.82, 2.24) is 5.32 Å². The molecular formula is C10H20N2. The van der Waals surface area contributed by atoms with Crippen molar-refractivity contribution in [2.24, 2.45) is 0 Å². The molecule has 0 spiro atoms. The predicted molar refractivity (Wildman–Crippen MR) is 54.7 cm³/mol. The van der Waals surface area contributed by atoms with E-state index in [-0.39, 0.29) is 5.54 Å². The van der Waals surface area contributed by atoms with Crippen molar-refractivity contribution >= 4 is 5.71 Å². The number of hydrogen-bond donors (Lipinski definition) is 2. The van der Waals surface area contributed by atoms with Crippen LogP contribution in [0.2, 0.25) is 0 Å². The van der Waals surface area contributed by atoms with E-state index in [1.54, 1.807) is 0 Å². The molecule has 0 saturated carbocycles. The van der Waals surface area contributed by atoms with Gasteiger partial charge in [-0.1, -0.05) is 6.92 Å². The number of allylic oxidation sites excluding steroid dienone is 1.